The number of halogens is 1. The summed E-state index contributed by atoms with van der Waals surface area (Å²) in [5.74, 6) is 0.911. The van der Waals surface area contributed by atoms with E-state index in [9.17, 15) is 0 Å². The van der Waals surface area contributed by atoms with Gasteiger partial charge in [-0.05, 0) is 76.6 Å². The molecule has 2 heteroatoms. The van der Waals surface area contributed by atoms with Gasteiger partial charge in [-0.15, -0.1) is 0 Å². The van der Waals surface area contributed by atoms with Crippen LogP contribution in [0.1, 0.15) is 43.0 Å². The van der Waals surface area contributed by atoms with Crippen molar-refractivity contribution in [3.05, 3.63) is 75.3 Å². The molecule has 0 saturated heterocycles. The number of fused-ring (bicyclic) bond motifs is 1. The Bertz CT molecular complexity index is 896. The minimum Gasteiger partial charge on any atom is -0.489 e. The molecule has 0 fully saturated rings. The summed E-state index contributed by atoms with van der Waals surface area (Å²) in [6.07, 6.45) is 0. The highest BCUT2D eigenvalue weighted by Crippen LogP contribution is 2.28. The van der Waals surface area contributed by atoms with Crippen molar-refractivity contribution >= 4 is 26.7 Å². The maximum absolute atomic E-state index is 6.11. The molecule has 3 aromatic carbocycles. The fourth-order valence-electron chi connectivity index (χ4n) is 3.09. The molecule has 0 aliphatic heterocycles. The van der Waals surface area contributed by atoms with E-state index in [0.29, 0.717) is 6.61 Å². The number of hydrogen-bond acceptors (Lipinski definition) is 1. The smallest absolute Gasteiger partial charge is 0.120 e. The van der Waals surface area contributed by atoms with Crippen LogP contribution >= 0.6 is 15.9 Å². The van der Waals surface area contributed by atoms with E-state index >= 15 is 0 Å². The van der Waals surface area contributed by atoms with Crippen molar-refractivity contribution < 1.29 is 4.74 Å². The lowest BCUT2D eigenvalue weighted by molar-refractivity contribution is 0.305. The van der Waals surface area contributed by atoms with Gasteiger partial charge in [-0.1, -0.05) is 61.0 Å². The second-order valence-corrected chi connectivity index (χ2v) is 8.70. The Morgan fingerprint density at radius 2 is 1.44 bits per heavy atom. The van der Waals surface area contributed by atoms with Crippen LogP contribution in [0.4, 0.5) is 0 Å². The molecule has 130 valence electrons. The third kappa shape index (κ3) is 4.07. The molecule has 3 aromatic rings. The zero-order valence-electron chi connectivity index (χ0n) is 15.6. The summed E-state index contributed by atoms with van der Waals surface area (Å²) in [6.45, 7) is 11.7. The third-order valence-electron chi connectivity index (χ3n) is 4.72. The SMILES string of the molecule is Cc1cc(C(C)(C)C)cc(C)c1COc1ccc2cc(Br)ccc2c1. The first-order chi connectivity index (χ1) is 11.7. The van der Waals surface area contributed by atoms with Gasteiger partial charge in [-0.25, -0.2) is 0 Å². The first-order valence-corrected chi connectivity index (χ1v) is 9.46. The predicted octanol–water partition coefficient (Wildman–Crippen LogP) is 7.10. The van der Waals surface area contributed by atoms with Crippen LogP contribution < -0.4 is 4.74 Å². The van der Waals surface area contributed by atoms with Crippen molar-refractivity contribution in [1.29, 1.82) is 0 Å². The molecule has 0 unspecified atom stereocenters. The minimum atomic E-state index is 0.168. The van der Waals surface area contributed by atoms with Crippen LogP contribution in [0.2, 0.25) is 0 Å². The van der Waals surface area contributed by atoms with Crippen LogP contribution in [-0.2, 0) is 12.0 Å². The van der Waals surface area contributed by atoms with Crippen molar-refractivity contribution in [2.24, 2.45) is 0 Å². The molecule has 25 heavy (non-hydrogen) atoms. The Morgan fingerprint density at radius 3 is 2.08 bits per heavy atom. The molecular formula is C23H25BrO. The fourth-order valence-corrected chi connectivity index (χ4v) is 3.47. The summed E-state index contributed by atoms with van der Waals surface area (Å²) in [4.78, 5) is 0. The van der Waals surface area contributed by atoms with Gasteiger partial charge in [0.15, 0.2) is 0 Å². The summed E-state index contributed by atoms with van der Waals surface area (Å²) < 4.78 is 7.20. The topological polar surface area (TPSA) is 9.23 Å². The average molecular weight is 397 g/mol. The van der Waals surface area contributed by atoms with Crippen molar-refractivity contribution in [3.8, 4) is 5.75 Å². The van der Waals surface area contributed by atoms with Crippen LogP contribution in [0.5, 0.6) is 5.75 Å². The van der Waals surface area contributed by atoms with E-state index in [4.69, 9.17) is 4.74 Å². The lowest BCUT2D eigenvalue weighted by Crippen LogP contribution is -2.13. The molecular weight excluding hydrogens is 372 g/mol. The van der Waals surface area contributed by atoms with Gasteiger partial charge in [0.2, 0.25) is 0 Å². The second kappa shape index (κ2) is 6.84. The third-order valence-corrected chi connectivity index (χ3v) is 5.21. The largest absolute Gasteiger partial charge is 0.489 e. The molecule has 0 aliphatic rings. The number of hydrogen-bond donors (Lipinski definition) is 0. The second-order valence-electron chi connectivity index (χ2n) is 7.78. The van der Waals surface area contributed by atoms with Gasteiger partial charge in [0.05, 0.1) is 0 Å². The van der Waals surface area contributed by atoms with Crippen LogP contribution in [0.15, 0.2) is 53.0 Å². The van der Waals surface area contributed by atoms with Crippen molar-refractivity contribution in [3.63, 3.8) is 0 Å². The molecule has 0 saturated carbocycles. The molecule has 0 atom stereocenters. The van der Waals surface area contributed by atoms with Gasteiger partial charge in [0.25, 0.3) is 0 Å². The standard InChI is InChI=1S/C23H25BrO/c1-15-10-19(23(3,4)5)11-16(2)22(15)14-25-21-9-7-17-12-20(24)8-6-18(17)13-21/h6-13H,14H2,1-5H3. The van der Waals surface area contributed by atoms with Crippen molar-refractivity contribution in [2.75, 3.05) is 0 Å². The lowest BCUT2D eigenvalue weighted by Gasteiger charge is -2.22. The molecule has 0 radical (unpaired) electrons. The average Bonchev–Trinajstić information content (AvgIpc) is 2.53. The molecule has 0 spiro atoms. The summed E-state index contributed by atoms with van der Waals surface area (Å²) in [6, 6.07) is 17.1. The van der Waals surface area contributed by atoms with E-state index in [1.54, 1.807) is 0 Å². The number of ether oxygens (including phenoxy) is 1. The maximum Gasteiger partial charge on any atom is 0.120 e. The lowest BCUT2D eigenvalue weighted by atomic mass is 9.84. The summed E-state index contributed by atoms with van der Waals surface area (Å²) >= 11 is 3.52. The van der Waals surface area contributed by atoms with Crippen LogP contribution in [0, 0.1) is 13.8 Å². The first kappa shape index (κ1) is 18.0. The van der Waals surface area contributed by atoms with Gasteiger partial charge in [0, 0.05) is 4.47 Å². The molecule has 0 aliphatic carbocycles. The summed E-state index contributed by atoms with van der Waals surface area (Å²) in [5.41, 5.74) is 5.43. The summed E-state index contributed by atoms with van der Waals surface area (Å²) in [5, 5.41) is 2.40. The molecule has 0 bridgehead atoms. The molecule has 0 amide bonds. The van der Waals surface area contributed by atoms with E-state index in [1.807, 2.05) is 6.07 Å². The van der Waals surface area contributed by atoms with Crippen LogP contribution in [-0.4, -0.2) is 0 Å². The van der Waals surface area contributed by atoms with Crippen LogP contribution in [0.25, 0.3) is 10.8 Å². The number of rotatable bonds is 3. The van der Waals surface area contributed by atoms with E-state index in [2.05, 4.69) is 93.0 Å². The first-order valence-electron chi connectivity index (χ1n) is 8.67. The number of aryl methyl sites for hydroxylation is 2. The van der Waals surface area contributed by atoms with E-state index < -0.39 is 0 Å². The van der Waals surface area contributed by atoms with Gasteiger partial charge >= 0.3 is 0 Å². The normalized spacial score (nSPS) is 11.8. The molecule has 1 nitrogen and oxygen atoms in total. The van der Waals surface area contributed by atoms with Gasteiger partial charge in [0.1, 0.15) is 12.4 Å². The highest BCUT2D eigenvalue weighted by molar-refractivity contribution is 9.10. The Morgan fingerprint density at radius 1 is 0.840 bits per heavy atom. The van der Waals surface area contributed by atoms with Gasteiger partial charge < -0.3 is 4.74 Å². The highest BCUT2D eigenvalue weighted by Gasteiger charge is 2.16. The highest BCUT2D eigenvalue weighted by atomic mass is 79.9. The summed E-state index contributed by atoms with van der Waals surface area (Å²) in [7, 11) is 0. The molecule has 0 aromatic heterocycles. The quantitative estimate of drug-likeness (QED) is 0.458. The minimum absolute atomic E-state index is 0.168. The zero-order chi connectivity index (χ0) is 18.2. The Hall–Kier alpha value is -1.80. The van der Waals surface area contributed by atoms with Crippen molar-refractivity contribution in [2.45, 2.75) is 46.6 Å². The van der Waals surface area contributed by atoms with Gasteiger partial charge in [-0.2, -0.15) is 0 Å². The Labute approximate surface area is 159 Å². The van der Waals surface area contributed by atoms with Crippen molar-refractivity contribution in [1.82, 2.24) is 0 Å². The molecule has 3 rings (SSSR count). The van der Waals surface area contributed by atoms with E-state index in [0.717, 1.165) is 10.2 Å². The van der Waals surface area contributed by atoms with Crippen LogP contribution in [0.3, 0.4) is 0 Å². The molecule has 0 N–H and O–H groups in total. The Kier molecular flexibility index (Phi) is 4.92. The Balaban J connectivity index is 1.83. The molecule has 0 heterocycles. The zero-order valence-corrected chi connectivity index (χ0v) is 17.2. The predicted molar refractivity (Wildman–Crippen MR) is 111 cm³/mol. The van der Waals surface area contributed by atoms with E-state index in [1.165, 1.54) is 33.0 Å². The van der Waals surface area contributed by atoms with E-state index in [-0.39, 0.29) is 5.41 Å². The maximum atomic E-state index is 6.11. The monoisotopic (exact) mass is 396 g/mol. The fraction of sp³-hybridized carbons (Fsp3) is 0.304. The number of benzene rings is 3. The van der Waals surface area contributed by atoms with Gasteiger partial charge in [-0.3, -0.25) is 0 Å².